The van der Waals surface area contributed by atoms with Crippen LogP contribution in [0.2, 0.25) is 0 Å². The SMILES string of the molecule is Cc1ccc(NC(=O)CSc2nc(C(F)(F)F)c(C(=O)c3cccs3)cc2C#N)cc1. The van der Waals surface area contributed by atoms with Crippen molar-refractivity contribution in [3.05, 3.63) is 75.1 Å². The second-order valence-electron chi connectivity index (χ2n) is 6.36. The van der Waals surface area contributed by atoms with Crippen LogP contribution in [0.15, 0.2) is 52.9 Å². The Hall–Kier alpha value is -3.16. The van der Waals surface area contributed by atoms with E-state index < -0.39 is 29.1 Å². The summed E-state index contributed by atoms with van der Waals surface area (Å²) < 4.78 is 40.8. The average Bonchev–Trinajstić information content (AvgIpc) is 3.27. The largest absolute Gasteiger partial charge is 0.434 e. The van der Waals surface area contributed by atoms with Crippen molar-refractivity contribution in [1.29, 1.82) is 5.26 Å². The van der Waals surface area contributed by atoms with Gasteiger partial charge in [-0.05, 0) is 36.6 Å². The van der Waals surface area contributed by atoms with Gasteiger partial charge in [0, 0.05) is 5.69 Å². The summed E-state index contributed by atoms with van der Waals surface area (Å²) >= 11 is 1.69. The highest BCUT2D eigenvalue weighted by Crippen LogP contribution is 2.35. The van der Waals surface area contributed by atoms with Crippen molar-refractivity contribution in [1.82, 2.24) is 4.98 Å². The molecule has 2 aromatic heterocycles. The molecule has 31 heavy (non-hydrogen) atoms. The Morgan fingerprint density at radius 1 is 1.23 bits per heavy atom. The molecule has 0 radical (unpaired) electrons. The highest BCUT2D eigenvalue weighted by Gasteiger charge is 2.38. The third-order valence-corrected chi connectivity index (χ3v) is 5.90. The van der Waals surface area contributed by atoms with E-state index in [2.05, 4.69) is 10.3 Å². The molecule has 10 heteroatoms. The fourth-order valence-corrected chi connectivity index (χ4v) is 4.02. The Labute approximate surface area is 183 Å². The lowest BCUT2D eigenvalue weighted by Gasteiger charge is -2.13. The molecule has 0 aliphatic carbocycles. The Balaban J connectivity index is 1.86. The van der Waals surface area contributed by atoms with E-state index in [0.717, 1.165) is 23.0 Å². The van der Waals surface area contributed by atoms with Crippen LogP contribution in [0, 0.1) is 18.3 Å². The summed E-state index contributed by atoms with van der Waals surface area (Å²) in [4.78, 5) is 28.4. The molecule has 158 valence electrons. The van der Waals surface area contributed by atoms with Gasteiger partial charge in [-0.1, -0.05) is 35.5 Å². The molecule has 1 amide bonds. The van der Waals surface area contributed by atoms with E-state index in [1.165, 1.54) is 6.07 Å². The molecule has 0 spiro atoms. The lowest BCUT2D eigenvalue weighted by atomic mass is 10.1. The number of ketones is 1. The van der Waals surface area contributed by atoms with Crippen LogP contribution in [-0.4, -0.2) is 22.4 Å². The number of nitrogens with one attached hydrogen (secondary N) is 1. The molecule has 0 saturated carbocycles. The molecule has 0 unspecified atom stereocenters. The van der Waals surface area contributed by atoms with Crippen LogP contribution in [0.4, 0.5) is 18.9 Å². The molecule has 0 saturated heterocycles. The number of alkyl halides is 3. The molecule has 3 aromatic rings. The molecular weight excluding hydrogens is 447 g/mol. The number of pyridine rings is 1. The summed E-state index contributed by atoms with van der Waals surface area (Å²) in [5, 5.41) is 13.3. The zero-order valence-electron chi connectivity index (χ0n) is 16.0. The minimum atomic E-state index is -4.91. The minimum Gasteiger partial charge on any atom is -0.325 e. The summed E-state index contributed by atoms with van der Waals surface area (Å²) in [5.74, 6) is -1.59. The summed E-state index contributed by atoms with van der Waals surface area (Å²) in [6, 6.07) is 12.6. The number of benzene rings is 1. The van der Waals surface area contributed by atoms with Crippen molar-refractivity contribution in [2.75, 3.05) is 11.1 Å². The van der Waals surface area contributed by atoms with Gasteiger partial charge in [0.2, 0.25) is 11.7 Å². The van der Waals surface area contributed by atoms with Crippen molar-refractivity contribution < 1.29 is 22.8 Å². The minimum absolute atomic E-state index is 0.106. The van der Waals surface area contributed by atoms with Crippen molar-refractivity contribution >= 4 is 40.5 Å². The van der Waals surface area contributed by atoms with E-state index in [9.17, 15) is 28.0 Å². The number of aromatic nitrogens is 1. The van der Waals surface area contributed by atoms with Gasteiger partial charge >= 0.3 is 6.18 Å². The molecule has 2 heterocycles. The van der Waals surface area contributed by atoms with Crippen LogP contribution < -0.4 is 5.32 Å². The number of aryl methyl sites for hydroxylation is 1. The maximum absolute atomic E-state index is 13.6. The predicted molar refractivity (Wildman–Crippen MR) is 112 cm³/mol. The van der Waals surface area contributed by atoms with E-state index in [0.29, 0.717) is 17.4 Å². The zero-order chi connectivity index (χ0) is 22.6. The maximum Gasteiger partial charge on any atom is 0.434 e. The Morgan fingerprint density at radius 2 is 1.94 bits per heavy atom. The van der Waals surface area contributed by atoms with E-state index in [1.54, 1.807) is 41.8 Å². The number of anilines is 1. The lowest BCUT2D eigenvalue weighted by Crippen LogP contribution is -2.18. The summed E-state index contributed by atoms with van der Waals surface area (Å²) in [7, 11) is 0. The normalized spacial score (nSPS) is 11.1. The Bertz CT molecular complexity index is 1150. The second kappa shape index (κ2) is 9.32. The fraction of sp³-hybridized carbons (Fsp3) is 0.143. The van der Waals surface area contributed by atoms with Gasteiger partial charge in [-0.2, -0.15) is 18.4 Å². The molecule has 1 N–H and O–H groups in total. The van der Waals surface area contributed by atoms with Crippen molar-refractivity contribution in [3.63, 3.8) is 0 Å². The number of rotatable bonds is 6. The first-order chi connectivity index (χ1) is 14.7. The smallest absolute Gasteiger partial charge is 0.325 e. The van der Waals surface area contributed by atoms with Gasteiger partial charge in [-0.15, -0.1) is 11.3 Å². The number of carbonyl (C=O) groups excluding carboxylic acids is 2. The number of nitrogens with zero attached hydrogens (tertiary/aromatic N) is 2. The molecule has 1 aromatic carbocycles. The van der Waals surface area contributed by atoms with Crippen LogP contribution in [0.3, 0.4) is 0 Å². The molecule has 0 aliphatic heterocycles. The topological polar surface area (TPSA) is 82.8 Å². The third kappa shape index (κ3) is 5.51. The fourth-order valence-electron chi connectivity index (χ4n) is 2.58. The lowest BCUT2D eigenvalue weighted by molar-refractivity contribution is -0.141. The van der Waals surface area contributed by atoms with Gasteiger partial charge < -0.3 is 5.32 Å². The molecule has 0 atom stereocenters. The number of halogens is 3. The number of carbonyl (C=O) groups is 2. The van der Waals surface area contributed by atoms with E-state index in [-0.39, 0.29) is 21.2 Å². The summed E-state index contributed by atoms with van der Waals surface area (Å²) in [5.41, 5.74) is -0.739. The first-order valence-corrected chi connectivity index (χ1v) is 10.7. The Kier molecular flexibility index (Phi) is 6.77. The van der Waals surface area contributed by atoms with Gasteiger partial charge in [-0.25, -0.2) is 4.98 Å². The van der Waals surface area contributed by atoms with E-state index >= 15 is 0 Å². The summed E-state index contributed by atoms with van der Waals surface area (Å²) in [6.07, 6.45) is -4.91. The predicted octanol–water partition coefficient (Wildman–Crippen LogP) is 5.30. The summed E-state index contributed by atoms with van der Waals surface area (Å²) in [6.45, 7) is 1.89. The number of thioether (sulfide) groups is 1. The number of thiophene rings is 1. The number of nitriles is 1. The Morgan fingerprint density at radius 3 is 2.52 bits per heavy atom. The van der Waals surface area contributed by atoms with Crippen molar-refractivity contribution in [2.24, 2.45) is 0 Å². The van der Waals surface area contributed by atoms with Crippen LogP contribution in [-0.2, 0) is 11.0 Å². The van der Waals surface area contributed by atoms with Gasteiger partial charge in [0.05, 0.1) is 21.8 Å². The molecule has 0 aliphatic rings. The van der Waals surface area contributed by atoms with Crippen LogP contribution in [0.5, 0.6) is 0 Å². The molecule has 0 bridgehead atoms. The number of amides is 1. The molecule has 3 rings (SSSR count). The first kappa shape index (κ1) is 22.5. The van der Waals surface area contributed by atoms with E-state index in [1.807, 2.05) is 6.92 Å². The second-order valence-corrected chi connectivity index (χ2v) is 8.27. The average molecular weight is 461 g/mol. The zero-order valence-corrected chi connectivity index (χ0v) is 17.6. The highest BCUT2D eigenvalue weighted by molar-refractivity contribution is 8.00. The van der Waals surface area contributed by atoms with Crippen molar-refractivity contribution in [3.8, 4) is 6.07 Å². The number of hydrogen-bond donors (Lipinski definition) is 1. The van der Waals surface area contributed by atoms with Gasteiger partial charge in [0.1, 0.15) is 11.1 Å². The van der Waals surface area contributed by atoms with E-state index in [4.69, 9.17) is 0 Å². The third-order valence-electron chi connectivity index (χ3n) is 4.04. The first-order valence-electron chi connectivity index (χ1n) is 8.79. The monoisotopic (exact) mass is 461 g/mol. The van der Waals surface area contributed by atoms with Gasteiger partial charge in [-0.3, -0.25) is 9.59 Å². The quantitative estimate of drug-likeness (QED) is 0.398. The maximum atomic E-state index is 13.6. The van der Waals surface area contributed by atoms with Gasteiger partial charge in [0.25, 0.3) is 0 Å². The van der Waals surface area contributed by atoms with Crippen molar-refractivity contribution in [2.45, 2.75) is 18.1 Å². The molecule has 0 fully saturated rings. The molecular formula is C21H14F3N3O2S2. The molecule has 5 nitrogen and oxygen atoms in total. The van der Waals surface area contributed by atoms with Crippen LogP contribution in [0.1, 0.15) is 32.1 Å². The number of hydrogen-bond acceptors (Lipinski definition) is 6. The van der Waals surface area contributed by atoms with Crippen LogP contribution in [0.25, 0.3) is 0 Å². The standard InChI is InChI=1S/C21H14F3N3O2S2/c1-12-4-6-14(7-5-12)26-17(28)11-31-20-13(10-25)9-15(19(27-20)21(22,23)24)18(29)16-3-2-8-30-16/h2-9H,11H2,1H3,(H,26,28). The van der Waals surface area contributed by atoms with Gasteiger partial charge in [0.15, 0.2) is 5.69 Å². The van der Waals surface area contributed by atoms with Crippen LogP contribution >= 0.6 is 23.1 Å². The highest BCUT2D eigenvalue weighted by atomic mass is 32.2.